The van der Waals surface area contributed by atoms with E-state index in [-0.39, 0.29) is 12.5 Å². The molecular formula is C10H16N2O2. The topological polar surface area (TPSA) is 44.1 Å². The van der Waals surface area contributed by atoms with Crippen LogP contribution >= 0.6 is 0 Å². The van der Waals surface area contributed by atoms with Gasteiger partial charge in [-0.15, -0.1) is 0 Å². The highest BCUT2D eigenvalue weighted by atomic mass is 16.5. The predicted octanol–water partition coefficient (Wildman–Crippen LogP) is 1.45. The number of esters is 1. The molecule has 0 amide bonds. The second-order valence-corrected chi connectivity index (χ2v) is 3.26. The number of ether oxygens (including phenoxy) is 1. The monoisotopic (exact) mass is 196 g/mol. The average Bonchev–Trinajstić information content (AvgIpc) is 2.46. The Morgan fingerprint density at radius 1 is 1.57 bits per heavy atom. The molecule has 4 nitrogen and oxygen atoms in total. The van der Waals surface area contributed by atoms with Crippen LogP contribution in [0.25, 0.3) is 0 Å². The SMILES string of the molecule is CCCOC(=O)Cn1cnc(C)c1C. The van der Waals surface area contributed by atoms with Crippen LogP contribution in [0.4, 0.5) is 0 Å². The van der Waals surface area contributed by atoms with Gasteiger partial charge in [0.15, 0.2) is 0 Å². The first kappa shape index (κ1) is 10.8. The van der Waals surface area contributed by atoms with Crippen molar-refractivity contribution >= 4 is 5.97 Å². The van der Waals surface area contributed by atoms with Crippen LogP contribution in [0.3, 0.4) is 0 Å². The van der Waals surface area contributed by atoms with Crippen LogP contribution in [0, 0.1) is 13.8 Å². The number of aryl methyl sites for hydroxylation is 1. The number of aromatic nitrogens is 2. The molecule has 0 saturated heterocycles. The standard InChI is InChI=1S/C10H16N2O2/c1-4-5-14-10(13)6-12-7-11-8(2)9(12)3/h7H,4-6H2,1-3H3. The first-order valence-electron chi connectivity index (χ1n) is 4.79. The zero-order valence-electron chi connectivity index (χ0n) is 8.91. The lowest BCUT2D eigenvalue weighted by atomic mass is 10.4. The highest BCUT2D eigenvalue weighted by Crippen LogP contribution is 2.04. The van der Waals surface area contributed by atoms with Crippen LogP contribution in [-0.2, 0) is 16.1 Å². The highest BCUT2D eigenvalue weighted by molar-refractivity contribution is 5.69. The predicted molar refractivity (Wildman–Crippen MR) is 53.0 cm³/mol. The zero-order chi connectivity index (χ0) is 10.6. The molecule has 0 atom stereocenters. The van der Waals surface area contributed by atoms with Gasteiger partial charge in [0.2, 0.25) is 0 Å². The van der Waals surface area contributed by atoms with Crippen LogP contribution in [0.2, 0.25) is 0 Å². The first-order valence-corrected chi connectivity index (χ1v) is 4.79. The molecule has 14 heavy (non-hydrogen) atoms. The highest BCUT2D eigenvalue weighted by Gasteiger charge is 2.07. The number of carbonyl (C=O) groups excluding carboxylic acids is 1. The second kappa shape index (κ2) is 4.79. The molecular weight excluding hydrogens is 180 g/mol. The van der Waals surface area contributed by atoms with Gasteiger partial charge in [-0.05, 0) is 20.3 Å². The molecule has 0 aliphatic rings. The van der Waals surface area contributed by atoms with E-state index in [0.717, 1.165) is 17.8 Å². The number of imidazole rings is 1. The number of nitrogens with zero attached hydrogens (tertiary/aromatic N) is 2. The Hall–Kier alpha value is -1.32. The summed E-state index contributed by atoms with van der Waals surface area (Å²) in [4.78, 5) is 15.4. The van der Waals surface area contributed by atoms with Crippen molar-refractivity contribution in [3.8, 4) is 0 Å². The fraction of sp³-hybridized carbons (Fsp3) is 0.600. The van der Waals surface area contributed by atoms with Crippen molar-refractivity contribution in [3.05, 3.63) is 17.7 Å². The maximum absolute atomic E-state index is 11.3. The summed E-state index contributed by atoms with van der Waals surface area (Å²) in [6.07, 6.45) is 2.52. The van der Waals surface area contributed by atoms with Gasteiger partial charge in [-0.3, -0.25) is 4.79 Å². The summed E-state index contributed by atoms with van der Waals surface area (Å²) >= 11 is 0. The Balaban J connectivity index is 2.52. The van der Waals surface area contributed by atoms with E-state index in [0.29, 0.717) is 6.61 Å². The molecule has 0 aliphatic heterocycles. The Morgan fingerprint density at radius 2 is 2.29 bits per heavy atom. The van der Waals surface area contributed by atoms with Gasteiger partial charge in [0, 0.05) is 5.69 Å². The molecule has 0 unspecified atom stereocenters. The molecule has 4 heteroatoms. The van der Waals surface area contributed by atoms with E-state index >= 15 is 0 Å². The Bertz CT molecular complexity index is 318. The lowest BCUT2D eigenvalue weighted by Crippen LogP contribution is -2.14. The normalized spacial score (nSPS) is 10.2. The van der Waals surface area contributed by atoms with E-state index in [1.165, 1.54) is 0 Å². The van der Waals surface area contributed by atoms with Gasteiger partial charge < -0.3 is 9.30 Å². The molecule has 0 aromatic carbocycles. The van der Waals surface area contributed by atoms with Crippen LogP contribution in [-0.4, -0.2) is 22.1 Å². The lowest BCUT2D eigenvalue weighted by molar-refractivity contribution is -0.144. The molecule has 78 valence electrons. The molecule has 1 aromatic heterocycles. The third-order valence-electron chi connectivity index (χ3n) is 2.11. The fourth-order valence-corrected chi connectivity index (χ4v) is 1.10. The van der Waals surface area contributed by atoms with Crippen LogP contribution < -0.4 is 0 Å². The van der Waals surface area contributed by atoms with Gasteiger partial charge in [-0.1, -0.05) is 6.92 Å². The minimum atomic E-state index is -0.202. The summed E-state index contributed by atoms with van der Waals surface area (Å²) in [6, 6.07) is 0. The van der Waals surface area contributed by atoms with E-state index in [2.05, 4.69) is 4.98 Å². The molecule has 0 aliphatic carbocycles. The van der Waals surface area contributed by atoms with Crippen LogP contribution in [0.1, 0.15) is 24.7 Å². The second-order valence-electron chi connectivity index (χ2n) is 3.26. The Kier molecular flexibility index (Phi) is 3.68. The summed E-state index contributed by atoms with van der Waals surface area (Å²) in [7, 11) is 0. The number of hydrogen-bond donors (Lipinski definition) is 0. The molecule has 1 aromatic rings. The number of rotatable bonds is 4. The van der Waals surface area contributed by atoms with Gasteiger partial charge in [0.05, 0.1) is 18.6 Å². The van der Waals surface area contributed by atoms with Crippen molar-refractivity contribution in [1.29, 1.82) is 0 Å². The van der Waals surface area contributed by atoms with Crippen LogP contribution in [0.15, 0.2) is 6.33 Å². The summed E-state index contributed by atoms with van der Waals surface area (Å²) in [6.45, 7) is 6.58. The largest absolute Gasteiger partial charge is 0.464 e. The Morgan fingerprint density at radius 3 is 2.79 bits per heavy atom. The molecule has 0 spiro atoms. The van der Waals surface area contributed by atoms with Gasteiger partial charge >= 0.3 is 5.97 Å². The van der Waals surface area contributed by atoms with Gasteiger partial charge in [-0.2, -0.15) is 0 Å². The third-order valence-corrected chi connectivity index (χ3v) is 2.11. The zero-order valence-corrected chi connectivity index (χ0v) is 8.91. The average molecular weight is 196 g/mol. The molecule has 1 rings (SSSR count). The Labute approximate surface area is 83.9 Å². The number of carbonyl (C=O) groups is 1. The van der Waals surface area contributed by atoms with E-state index in [4.69, 9.17) is 4.74 Å². The minimum absolute atomic E-state index is 0.202. The van der Waals surface area contributed by atoms with Crippen molar-refractivity contribution in [2.45, 2.75) is 33.7 Å². The molecule has 0 radical (unpaired) electrons. The molecule has 0 N–H and O–H groups in total. The molecule has 0 bridgehead atoms. The summed E-state index contributed by atoms with van der Waals surface area (Å²) < 4.78 is 6.77. The van der Waals surface area contributed by atoms with Gasteiger partial charge in [0.1, 0.15) is 6.54 Å². The van der Waals surface area contributed by atoms with Crippen molar-refractivity contribution in [2.75, 3.05) is 6.61 Å². The molecule has 0 fully saturated rings. The minimum Gasteiger partial charge on any atom is -0.464 e. The third kappa shape index (κ3) is 2.58. The van der Waals surface area contributed by atoms with E-state index in [1.54, 1.807) is 10.9 Å². The van der Waals surface area contributed by atoms with Crippen molar-refractivity contribution in [2.24, 2.45) is 0 Å². The first-order chi connectivity index (χ1) is 6.65. The van der Waals surface area contributed by atoms with Gasteiger partial charge in [0.25, 0.3) is 0 Å². The van der Waals surface area contributed by atoms with Crippen molar-refractivity contribution < 1.29 is 9.53 Å². The van der Waals surface area contributed by atoms with Crippen molar-refractivity contribution in [1.82, 2.24) is 9.55 Å². The van der Waals surface area contributed by atoms with E-state index in [1.807, 2.05) is 20.8 Å². The summed E-state index contributed by atoms with van der Waals surface area (Å²) in [5.74, 6) is -0.202. The lowest BCUT2D eigenvalue weighted by Gasteiger charge is -2.05. The van der Waals surface area contributed by atoms with Crippen molar-refractivity contribution in [3.63, 3.8) is 0 Å². The smallest absolute Gasteiger partial charge is 0.325 e. The fourth-order valence-electron chi connectivity index (χ4n) is 1.10. The quantitative estimate of drug-likeness (QED) is 0.685. The summed E-state index contributed by atoms with van der Waals surface area (Å²) in [5, 5.41) is 0. The maximum Gasteiger partial charge on any atom is 0.325 e. The van der Waals surface area contributed by atoms with Crippen LogP contribution in [0.5, 0.6) is 0 Å². The summed E-state index contributed by atoms with van der Waals surface area (Å²) in [5.41, 5.74) is 1.96. The molecule has 1 heterocycles. The maximum atomic E-state index is 11.3. The number of hydrogen-bond acceptors (Lipinski definition) is 3. The van der Waals surface area contributed by atoms with E-state index in [9.17, 15) is 4.79 Å². The van der Waals surface area contributed by atoms with E-state index < -0.39 is 0 Å². The molecule has 0 saturated carbocycles. The van der Waals surface area contributed by atoms with Gasteiger partial charge in [-0.25, -0.2) is 4.98 Å².